The van der Waals surface area contributed by atoms with E-state index < -0.39 is 0 Å². The first-order valence-corrected chi connectivity index (χ1v) is 9.79. The Bertz CT molecular complexity index is 840. The lowest BCUT2D eigenvalue weighted by molar-refractivity contribution is -0.125. The van der Waals surface area contributed by atoms with Crippen molar-refractivity contribution in [3.8, 4) is 0 Å². The van der Waals surface area contributed by atoms with E-state index in [9.17, 15) is 9.59 Å². The van der Waals surface area contributed by atoms with Gasteiger partial charge in [-0.15, -0.1) is 0 Å². The van der Waals surface area contributed by atoms with Crippen LogP contribution in [0.15, 0.2) is 54.6 Å². The number of hydrogen-bond donors (Lipinski definition) is 1. The predicted molar refractivity (Wildman–Crippen MR) is 107 cm³/mol. The zero-order valence-electron chi connectivity index (χ0n) is 15.8. The number of carbonyl (C=O) groups is 2. The van der Waals surface area contributed by atoms with Crippen LogP contribution in [0.2, 0.25) is 0 Å². The highest BCUT2D eigenvalue weighted by Crippen LogP contribution is 2.22. The highest BCUT2D eigenvalue weighted by Gasteiger charge is 2.30. The molecule has 6 nitrogen and oxygen atoms in total. The second-order valence-corrected chi connectivity index (χ2v) is 7.27. The van der Waals surface area contributed by atoms with Crippen LogP contribution in [0.4, 0.5) is 10.5 Å². The minimum absolute atomic E-state index is 0.0689. The molecular formula is C22H25N3O3. The van der Waals surface area contributed by atoms with Crippen molar-refractivity contribution in [1.82, 2.24) is 10.2 Å². The van der Waals surface area contributed by atoms with Gasteiger partial charge in [0.25, 0.3) is 0 Å². The van der Waals surface area contributed by atoms with Gasteiger partial charge < -0.3 is 10.1 Å². The summed E-state index contributed by atoms with van der Waals surface area (Å²) in [5.41, 5.74) is 3.01. The molecule has 2 heterocycles. The van der Waals surface area contributed by atoms with Crippen LogP contribution in [-0.2, 0) is 22.6 Å². The zero-order valence-corrected chi connectivity index (χ0v) is 15.8. The first-order valence-electron chi connectivity index (χ1n) is 9.79. The Labute approximate surface area is 165 Å². The topological polar surface area (TPSA) is 61.9 Å². The van der Waals surface area contributed by atoms with Crippen LogP contribution in [0, 0.1) is 0 Å². The van der Waals surface area contributed by atoms with Crippen LogP contribution in [-0.4, -0.2) is 42.6 Å². The number of benzene rings is 2. The van der Waals surface area contributed by atoms with Crippen LogP contribution >= 0.6 is 0 Å². The van der Waals surface area contributed by atoms with Crippen LogP contribution in [0.25, 0.3) is 0 Å². The zero-order chi connectivity index (χ0) is 19.3. The fourth-order valence-corrected chi connectivity index (χ4v) is 3.90. The number of nitrogens with one attached hydrogen (secondary N) is 1. The smallest absolute Gasteiger partial charge is 0.414 e. The Morgan fingerprint density at radius 2 is 1.89 bits per heavy atom. The molecule has 6 heteroatoms. The number of ether oxygens (including phenoxy) is 1. The average molecular weight is 379 g/mol. The lowest BCUT2D eigenvalue weighted by Crippen LogP contribution is -2.42. The second-order valence-electron chi connectivity index (χ2n) is 7.27. The summed E-state index contributed by atoms with van der Waals surface area (Å²) in [6, 6.07) is 17.9. The highest BCUT2D eigenvalue weighted by atomic mass is 16.6. The minimum Gasteiger partial charge on any atom is -0.447 e. The van der Waals surface area contributed by atoms with Crippen molar-refractivity contribution >= 4 is 17.7 Å². The number of cyclic esters (lactones) is 1. The standard InChI is InChI=1S/C22H25N3O3/c26-21(20-10-5-11-24(20)16-17-6-2-1-3-7-17)23-15-18-8-4-9-19(14-18)25-12-13-28-22(25)27/h1-4,6-9,14,20H,5,10-13,15-16H2,(H,23,26). The first-order chi connectivity index (χ1) is 13.7. The molecule has 0 saturated carbocycles. The minimum atomic E-state index is -0.316. The van der Waals surface area contributed by atoms with Crippen LogP contribution < -0.4 is 10.2 Å². The average Bonchev–Trinajstić information content (AvgIpc) is 3.36. The molecule has 2 aliphatic rings. The van der Waals surface area contributed by atoms with E-state index in [2.05, 4.69) is 22.3 Å². The molecule has 1 N–H and O–H groups in total. The molecule has 2 amide bonds. The van der Waals surface area contributed by atoms with Crippen molar-refractivity contribution in [2.24, 2.45) is 0 Å². The third-order valence-corrected chi connectivity index (χ3v) is 5.34. The summed E-state index contributed by atoms with van der Waals surface area (Å²) >= 11 is 0. The Morgan fingerprint density at radius 3 is 2.68 bits per heavy atom. The summed E-state index contributed by atoms with van der Waals surface area (Å²) in [5, 5.41) is 3.07. The van der Waals surface area contributed by atoms with E-state index in [1.54, 1.807) is 4.90 Å². The van der Waals surface area contributed by atoms with E-state index in [-0.39, 0.29) is 18.0 Å². The molecule has 28 heavy (non-hydrogen) atoms. The summed E-state index contributed by atoms with van der Waals surface area (Å²) in [5.74, 6) is 0.0689. The fraction of sp³-hybridized carbons (Fsp3) is 0.364. The quantitative estimate of drug-likeness (QED) is 0.838. The van der Waals surface area contributed by atoms with E-state index in [4.69, 9.17) is 4.74 Å². The van der Waals surface area contributed by atoms with Crippen molar-refractivity contribution in [3.05, 3.63) is 65.7 Å². The summed E-state index contributed by atoms with van der Waals surface area (Å²) in [6.45, 7) is 3.17. The molecule has 1 atom stereocenters. The van der Waals surface area contributed by atoms with Crippen LogP contribution in [0.3, 0.4) is 0 Å². The number of likely N-dealkylation sites (tertiary alicyclic amines) is 1. The number of rotatable bonds is 6. The molecule has 0 aromatic heterocycles. The van der Waals surface area contributed by atoms with Crippen LogP contribution in [0.5, 0.6) is 0 Å². The van der Waals surface area contributed by atoms with Gasteiger partial charge in [0, 0.05) is 18.8 Å². The molecule has 0 radical (unpaired) electrons. The van der Waals surface area contributed by atoms with Gasteiger partial charge >= 0.3 is 6.09 Å². The van der Waals surface area contributed by atoms with Crippen molar-refractivity contribution in [3.63, 3.8) is 0 Å². The molecule has 4 rings (SSSR count). The maximum atomic E-state index is 12.8. The first kappa shape index (κ1) is 18.5. The molecule has 1 unspecified atom stereocenters. The van der Waals surface area contributed by atoms with E-state index in [0.29, 0.717) is 19.7 Å². The molecule has 2 saturated heterocycles. The Balaban J connectivity index is 1.35. The van der Waals surface area contributed by atoms with Gasteiger partial charge in [-0.25, -0.2) is 4.79 Å². The fourth-order valence-electron chi connectivity index (χ4n) is 3.90. The lowest BCUT2D eigenvalue weighted by atomic mass is 10.1. The molecule has 2 aromatic carbocycles. The summed E-state index contributed by atoms with van der Waals surface area (Å²) in [6.07, 6.45) is 1.61. The van der Waals surface area contributed by atoms with Gasteiger partial charge in [-0.3, -0.25) is 14.6 Å². The normalized spacial score (nSPS) is 19.6. The third-order valence-electron chi connectivity index (χ3n) is 5.34. The van der Waals surface area contributed by atoms with Crippen LogP contribution in [0.1, 0.15) is 24.0 Å². The maximum Gasteiger partial charge on any atom is 0.414 e. The molecule has 0 spiro atoms. The maximum absolute atomic E-state index is 12.8. The Kier molecular flexibility index (Phi) is 5.58. The molecule has 2 fully saturated rings. The molecule has 2 aromatic rings. The largest absolute Gasteiger partial charge is 0.447 e. The summed E-state index contributed by atoms with van der Waals surface area (Å²) in [4.78, 5) is 28.4. The van der Waals surface area contributed by atoms with Crippen molar-refractivity contribution < 1.29 is 14.3 Å². The van der Waals surface area contributed by atoms with Gasteiger partial charge in [-0.2, -0.15) is 0 Å². The molecule has 2 aliphatic heterocycles. The van der Waals surface area contributed by atoms with Crippen molar-refractivity contribution in [2.45, 2.75) is 32.0 Å². The van der Waals surface area contributed by atoms with E-state index >= 15 is 0 Å². The Morgan fingerprint density at radius 1 is 1.07 bits per heavy atom. The van der Waals surface area contributed by atoms with Gasteiger partial charge in [-0.1, -0.05) is 42.5 Å². The second kappa shape index (κ2) is 8.44. The molecular weight excluding hydrogens is 354 g/mol. The van der Waals surface area contributed by atoms with Gasteiger partial charge in [-0.05, 0) is 42.6 Å². The monoisotopic (exact) mass is 379 g/mol. The highest BCUT2D eigenvalue weighted by molar-refractivity contribution is 5.89. The number of anilines is 1. The van der Waals surface area contributed by atoms with Gasteiger partial charge in [0.15, 0.2) is 0 Å². The summed E-state index contributed by atoms with van der Waals surface area (Å²) < 4.78 is 5.00. The number of amides is 2. The van der Waals surface area contributed by atoms with E-state index in [0.717, 1.165) is 37.2 Å². The third kappa shape index (κ3) is 4.17. The van der Waals surface area contributed by atoms with E-state index in [1.165, 1.54) is 5.56 Å². The van der Waals surface area contributed by atoms with E-state index in [1.807, 2.05) is 42.5 Å². The van der Waals surface area contributed by atoms with Crippen molar-refractivity contribution in [2.75, 3.05) is 24.6 Å². The SMILES string of the molecule is O=C(NCc1cccc(N2CCOC2=O)c1)C1CCCN1Cc1ccccc1. The lowest BCUT2D eigenvalue weighted by Gasteiger charge is -2.24. The molecule has 0 bridgehead atoms. The van der Waals surface area contributed by atoms with Gasteiger partial charge in [0.1, 0.15) is 6.61 Å². The number of nitrogens with zero attached hydrogens (tertiary/aromatic N) is 2. The number of carbonyl (C=O) groups excluding carboxylic acids is 2. The Hall–Kier alpha value is -2.86. The predicted octanol–water partition coefficient (Wildman–Crippen LogP) is 2.92. The molecule has 0 aliphatic carbocycles. The van der Waals surface area contributed by atoms with Gasteiger partial charge in [0.05, 0.1) is 12.6 Å². The molecule has 146 valence electrons. The number of hydrogen-bond acceptors (Lipinski definition) is 4. The summed E-state index contributed by atoms with van der Waals surface area (Å²) in [7, 11) is 0. The van der Waals surface area contributed by atoms with Gasteiger partial charge in [0.2, 0.25) is 5.91 Å². The van der Waals surface area contributed by atoms with Crippen molar-refractivity contribution in [1.29, 1.82) is 0 Å².